The maximum Gasteiger partial charge on any atom is 0.158 e. The quantitative estimate of drug-likeness (QED) is 0.488. The second-order valence-electron chi connectivity index (χ2n) is 5.58. The molecule has 0 amide bonds. The summed E-state index contributed by atoms with van der Waals surface area (Å²) in [7, 11) is 0. The van der Waals surface area contributed by atoms with Gasteiger partial charge in [0.2, 0.25) is 0 Å². The minimum Gasteiger partial charge on any atom is -0.353 e. The van der Waals surface area contributed by atoms with Crippen molar-refractivity contribution in [3.05, 3.63) is 0 Å². The van der Waals surface area contributed by atoms with E-state index in [1.54, 1.807) is 0 Å². The first-order valence-corrected chi connectivity index (χ1v) is 7.85. The minimum absolute atomic E-state index is 0.0433. The summed E-state index contributed by atoms with van der Waals surface area (Å²) in [5.74, 6) is 0.806. The zero-order valence-corrected chi connectivity index (χ0v) is 13.2. The highest BCUT2D eigenvalue weighted by molar-refractivity contribution is 4.79. The van der Waals surface area contributed by atoms with Crippen LogP contribution in [0.1, 0.15) is 40.5 Å². The Labute approximate surface area is 118 Å². The van der Waals surface area contributed by atoms with Crippen LogP contribution in [0.3, 0.4) is 0 Å². The molecule has 1 saturated heterocycles. The lowest BCUT2D eigenvalue weighted by Crippen LogP contribution is -2.32. The molecule has 0 aliphatic carbocycles. The Morgan fingerprint density at radius 3 is 2.42 bits per heavy atom. The molecule has 0 saturated carbocycles. The van der Waals surface area contributed by atoms with Crippen molar-refractivity contribution in [1.29, 1.82) is 0 Å². The molecule has 1 atom stereocenters. The third kappa shape index (κ3) is 6.70. The number of likely N-dealkylation sites (tertiary alicyclic amines) is 1. The Bertz CT molecular complexity index is 218. The summed E-state index contributed by atoms with van der Waals surface area (Å²) in [6.45, 7) is 14.6. The first-order valence-electron chi connectivity index (χ1n) is 7.85. The van der Waals surface area contributed by atoms with Gasteiger partial charge in [-0.15, -0.1) is 0 Å². The fourth-order valence-corrected chi connectivity index (χ4v) is 2.61. The third-order valence-corrected chi connectivity index (χ3v) is 3.74. The number of rotatable bonds is 10. The largest absolute Gasteiger partial charge is 0.353 e. The Kier molecular flexibility index (Phi) is 8.62. The van der Waals surface area contributed by atoms with Crippen LogP contribution in [0.25, 0.3) is 0 Å². The molecule has 1 rings (SSSR count). The van der Waals surface area contributed by atoms with Crippen LogP contribution in [0.4, 0.5) is 0 Å². The van der Waals surface area contributed by atoms with Gasteiger partial charge in [-0.1, -0.05) is 0 Å². The normalized spacial score (nSPS) is 20.8. The van der Waals surface area contributed by atoms with Crippen LogP contribution in [0.5, 0.6) is 0 Å². The molecule has 4 heteroatoms. The van der Waals surface area contributed by atoms with Crippen molar-refractivity contribution >= 4 is 0 Å². The monoisotopic (exact) mass is 272 g/mol. The van der Waals surface area contributed by atoms with Gasteiger partial charge in [0.15, 0.2) is 6.29 Å². The first-order chi connectivity index (χ1) is 9.17. The zero-order valence-electron chi connectivity index (χ0n) is 13.2. The van der Waals surface area contributed by atoms with Gasteiger partial charge in [-0.2, -0.15) is 0 Å². The molecule has 1 aliphatic heterocycles. The van der Waals surface area contributed by atoms with E-state index in [-0.39, 0.29) is 6.29 Å². The van der Waals surface area contributed by atoms with E-state index in [1.807, 2.05) is 13.8 Å². The molecule has 1 N–H and O–H groups in total. The van der Waals surface area contributed by atoms with Crippen LogP contribution < -0.4 is 5.32 Å². The van der Waals surface area contributed by atoms with Gasteiger partial charge < -0.3 is 19.7 Å². The van der Waals surface area contributed by atoms with Crippen molar-refractivity contribution in [3.8, 4) is 0 Å². The molecule has 19 heavy (non-hydrogen) atoms. The number of nitrogens with one attached hydrogen (secondary N) is 1. The lowest BCUT2D eigenvalue weighted by atomic mass is 10.1. The standard InChI is InChI=1S/C15H32N2O2/c1-5-18-15(19-6-2)7-9-16-11-14-8-10-17(12-14)13(3)4/h13-16H,5-12H2,1-4H3. The number of nitrogens with zero attached hydrogens (tertiary/aromatic N) is 1. The van der Waals surface area contributed by atoms with Crippen molar-refractivity contribution in [2.75, 3.05) is 39.4 Å². The van der Waals surface area contributed by atoms with E-state index in [9.17, 15) is 0 Å². The minimum atomic E-state index is -0.0433. The molecule has 1 fully saturated rings. The molecule has 4 nitrogen and oxygen atoms in total. The highest BCUT2D eigenvalue weighted by Crippen LogP contribution is 2.17. The van der Waals surface area contributed by atoms with Gasteiger partial charge in [0.25, 0.3) is 0 Å². The lowest BCUT2D eigenvalue weighted by molar-refractivity contribution is -0.138. The van der Waals surface area contributed by atoms with Gasteiger partial charge in [-0.05, 0) is 59.7 Å². The van der Waals surface area contributed by atoms with E-state index >= 15 is 0 Å². The van der Waals surface area contributed by atoms with Crippen molar-refractivity contribution in [1.82, 2.24) is 10.2 Å². The second-order valence-corrected chi connectivity index (χ2v) is 5.58. The highest BCUT2D eigenvalue weighted by atomic mass is 16.7. The molecule has 0 radical (unpaired) electrons. The molecular weight excluding hydrogens is 240 g/mol. The molecule has 1 heterocycles. The molecule has 0 spiro atoms. The molecule has 0 aromatic rings. The van der Waals surface area contributed by atoms with Gasteiger partial charge >= 0.3 is 0 Å². The van der Waals surface area contributed by atoms with Crippen LogP contribution in [0.2, 0.25) is 0 Å². The third-order valence-electron chi connectivity index (χ3n) is 3.74. The molecule has 0 aromatic heterocycles. The van der Waals surface area contributed by atoms with Crippen LogP contribution in [-0.2, 0) is 9.47 Å². The fraction of sp³-hybridized carbons (Fsp3) is 1.00. The average molecular weight is 272 g/mol. The summed E-state index contributed by atoms with van der Waals surface area (Å²) in [5, 5.41) is 3.55. The van der Waals surface area contributed by atoms with Crippen molar-refractivity contribution in [2.45, 2.75) is 52.9 Å². The Morgan fingerprint density at radius 1 is 1.21 bits per heavy atom. The Balaban J connectivity index is 2.07. The second kappa shape index (κ2) is 9.70. The molecule has 1 aliphatic rings. The van der Waals surface area contributed by atoms with Crippen LogP contribution in [0, 0.1) is 5.92 Å². The van der Waals surface area contributed by atoms with Gasteiger partial charge in [0.05, 0.1) is 0 Å². The summed E-state index contributed by atoms with van der Waals surface area (Å²) in [5.41, 5.74) is 0. The number of hydrogen-bond donors (Lipinski definition) is 1. The topological polar surface area (TPSA) is 33.7 Å². The van der Waals surface area contributed by atoms with Crippen LogP contribution >= 0.6 is 0 Å². The summed E-state index contributed by atoms with van der Waals surface area (Å²) in [6, 6.07) is 0.685. The van der Waals surface area contributed by atoms with Gasteiger partial charge in [0, 0.05) is 32.2 Å². The van der Waals surface area contributed by atoms with Crippen molar-refractivity contribution in [2.24, 2.45) is 5.92 Å². The first kappa shape index (κ1) is 16.9. The summed E-state index contributed by atoms with van der Waals surface area (Å²) >= 11 is 0. The average Bonchev–Trinajstić information content (AvgIpc) is 2.84. The summed E-state index contributed by atoms with van der Waals surface area (Å²) < 4.78 is 11.1. The molecular formula is C15H32N2O2. The van der Waals surface area contributed by atoms with Crippen LogP contribution in [-0.4, -0.2) is 56.6 Å². The number of ether oxygens (including phenoxy) is 2. The Morgan fingerprint density at radius 2 is 1.89 bits per heavy atom. The van der Waals surface area contributed by atoms with Gasteiger partial charge in [-0.25, -0.2) is 0 Å². The molecule has 0 bridgehead atoms. The van der Waals surface area contributed by atoms with Gasteiger partial charge in [-0.3, -0.25) is 0 Å². The zero-order chi connectivity index (χ0) is 14.1. The molecule has 114 valence electrons. The predicted octanol–water partition coefficient (Wildman–Crippen LogP) is 2.10. The Hall–Kier alpha value is -0.160. The SMILES string of the molecule is CCOC(CCNCC1CCN(C(C)C)C1)OCC. The molecule has 1 unspecified atom stereocenters. The van der Waals surface area contributed by atoms with Gasteiger partial charge in [0.1, 0.15) is 0 Å². The smallest absolute Gasteiger partial charge is 0.158 e. The van der Waals surface area contributed by atoms with E-state index in [1.165, 1.54) is 19.5 Å². The summed E-state index contributed by atoms with van der Waals surface area (Å²) in [4.78, 5) is 2.57. The van der Waals surface area contributed by atoms with E-state index < -0.39 is 0 Å². The maximum atomic E-state index is 5.53. The van der Waals surface area contributed by atoms with E-state index in [0.717, 1.165) is 38.6 Å². The van der Waals surface area contributed by atoms with E-state index in [2.05, 4.69) is 24.1 Å². The molecule has 0 aromatic carbocycles. The maximum absolute atomic E-state index is 5.53. The fourth-order valence-electron chi connectivity index (χ4n) is 2.61. The summed E-state index contributed by atoms with van der Waals surface area (Å²) in [6.07, 6.45) is 2.21. The number of hydrogen-bond acceptors (Lipinski definition) is 4. The van der Waals surface area contributed by atoms with E-state index in [4.69, 9.17) is 9.47 Å². The predicted molar refractivity (Wildman–Crippen MR) is 79.3 cm³/mol. The highest BCUT2D eigenvalue weighted by Gasteiger charge is 2.23. The van der Waals surface area contributed by atoms with E-state index in [0.29, 0.717) is 6.04 Å². The van der Waals surface area contributed by atoms with Crippen molar-refractivity contribution < 1.29 is 9.47 Å². The lowest BCUT2D eigenvalue weighted by Gasteiger charge is -2.20. The van der Waals surface area contributed by atoms with Crippen LogP contribution in [0.15, 0.2) is 0 Å². The van der Waals surface area contributed by atoms with Crippen molar-refractivity contribution in [3.63, 3.8) is 0 Å².